The maximum absolute atomic E-state index is 8.19. The maximum atomic E-state index is 8.19. The highest BCUT2D eigenvalue weighted by Crippen LogP contribution is 1.96. The van der Waals surface area contributed by atoms with E-state index in [0.29, 0.717) is 10.8 Å². The molecule has 0 aliphatic rings. The molecular weight excluding hydrogens is 298 g/mol. The van der Waals surface area contributed by atoms with Gasteiger partial charge in [0, 0.05) is 21.1 Å². The summed E-state index contributed by atoms with van der Waals surface area (Å²) < 4.78 is 4.56. The molecule has 0 aliphatic heterocycles. The van der Waals surface area contributed by atoms with Crippen molar-refractivity contribution in [3.05, 3.63) is 29.6 Å². The van der Waals surface area contributed by atoms with Crippen molar-refractivity contribution < 1.29 is 0 Å². The van der Waals surface area contributed by atoms with Gasteiger partial charge in [0.2, 0.25) is 0 Å². The van der Waals surface area contributed by atoms with Crippen LogP contribution in [0.4, 0.5) is 0 Å². The molecule has 0 radical (unpaired) electrons. The predicted octanol–water partition coefficient (Wildman–Crippen LogP) is -0.635. The molecule has 11 nitrogen and oxygen atoms in total. The van der Waals surface area contributed by atoms with Crippen molar-refractivity contribution in [2.24, 2.45) is 21.1 Å². The number of nitriles is 1. The van der Waals surface area contributed by atoms with Crippen molar-refractivity contribution in [2.45, 2.75) is 0 Å². The van der Waals surface area contributed by atoms with Gasteiger partial charge in [0.05, 0.1) is 12.4 Å². The molecule has 0 atom stereocenters. The highest BCUT2D eigenvalue weighted by atomic mass is 35.5. The third kappa shape index (κ3) is 6.73. The Labute approximate surface area is 124 Å². The molecule has 3 aromatic rings. The Morgan fingerprint density at radius 2 is 1.67 bits per heavy atom. The van der Waals surface area contributed by atoms with Crippen LogP contribution in [0.3, 0.4) is 0 Å². The molecule has 0 spiro atoms. The Kier molecular flexibility index (Phi) is 6.42. The summed E-state index contributed by atoms with van der Waals surface area (Å²) in [6.07, 6.45) is 4.71. The second kappa shape index (κ2) is 8.33. The summed E-state index contributed by atoms with van der Waals surface area (Å²) in [5.41, 5.74) is 0.354. The minimum Gasteiger partial charge on any atom is -0.254 e. The van der Waals surface area contributed by atoms with E-state index in [1.165, 1.54) is 15.7 Å². The van der Waals surface area contributed by atoms with Crippen LogP contribution in [0.1, 0.15) is 5.69 Å². The Balaban J connectivity index is 0.000000159. The zero-order chi connectivity index (χ0) is 15.7. The number of aryl methyl sites for hydroxylation is 3. The van der Waals surface area contributed by atoms with Gasteiger partial charge in [0.25, 0.3) is 0 Å². The van der Waals surface area contributed by atoms with E-state index in [0.717, 1.165) is 0 Å². The van der Waals surface area contributed by atoms with E-state index in [1.54, 1.807) is 38.2 Å². The third-order valence-corrected chi connectivity index (χ3v) is 1.92. The molecule has 0 bridgehead atoms. The summed E-state index contributed by atoms with van der Waals surface area (Å²) in [6, 6.07) is 1.85. The van der Waals surface area contributed by atoms with Gasteiger partial charge in [-0.3, -0.25) is 9.36 Å². The molecular formula is C9H12ClN11. The van der Waals surface area contributed by atoms with Crippen LogP contribution in [0.25, 0.3) is 0 Å². The molecule has 21 heavy (non-hydrogen) atoms. The Morgan fingerprint density at radius 3 is 1.86 bits per heavy atom. The summed E-state index contributed by atoms with van der Waals surface area (Å²) in [7, 11) is 5.24. The first kappa shape index (κ1) is 16.2. The van der Waals surface area contributed by atoms with Gasteiger partial charge in [-0.1, -0.05) is 22.0 Å². The number of hydrogen-bond donors (Lipinski definition) is 0. The Morgan fingerprint density at radius 1 is 1.00 bits per heavy atom. The lowest BCUT2D eigenvalue weighted by atomic mass is 10.5. The minimum atomic E-state index is 0.354. The standard InChI is InChI=1S/C4H4N4.C3H4ClN3.C2H4N4/c1-8-3-4(2-5)6-7-8;1-7-2-3(4)5-6-7;1-6-2-3-4-5-6/h3H,1H3;2H,1H3;2H,1H3. The maximum Gasteiger partial charge on any atom is 0.182 e. The second-order valence-electron chi connectivity index (χ2n) is 3.59. The average Bonchev–Trinajstić information content (AvgIpc) is 3.16. The van der Waals surface area contributed by atoms with Crippen LogP contribution in [0.2, 0.25) is 5.15 Å². The van der Waals surface area contributed by atoms with Crippen LogP contribution in [0, 0.1) is 11.3 Å². The van der Waals surface area contributed by atoms with Gasteiger partial charge < -0.3 is 0 Å². The monoisotopic (exact) mass is 309 g/mol. The van der Waals surface area contributed by atoms with E-state index in [-0.39, 0.29) is 0 Å². The first-order valence-electron chi connectivity index (χ1n) is 5.46. The van der Waals surface area contributed by atoms with Crippen molar-refractivity contribution >= 4 is 11.6 Å². The molecule has 12 heteroatoms. The summed E-state index contributed by atoms with van der Waals surface area (Å²) in [5.74, 6) is 0. The fourth-order valence-corrected chi connectivity index (χ4v) is 1.10. The lowest BCUT2D eigenvalue weighted by molar-refractivity contribution is 0.710. The molecule has 0 saturated carbocycles. The summed E-state index contributed by atoms with van der Waals surface area (Å²) in [6.45, 7) is 0. The molecule has 0 saturated heterocycles. The third-order valence-electron chi connectivity index (χ3n) is 1.74. The van der Waals surface area contributed by atoms with Crippen molar-refractivity contribution in [2.75, 3.05) is 0 Å². The summed E-state index contributed by atoms with van der Waals surface area (Å²) in [4.78, 5) is 0. The molecule has 0 fully saturated rings. The predicted molar refractivity (Wildman–Crippen MR) is 70.5 cm³/mol. The molecule has 3 heterocycles. The van der Waals surface area contributed by atoms with E-state index < -0.39 is 0 Å². The highest BCUT2D eigenvalue weighted by molar-refractivity contribution is 6.29. The number of aromatic nitrogens is 10. The van der Waals surface area contributed by atoms with Crippen molar-refractivity contribution in [3.8, 4) is 6.07 Å². The smallest absolute Gasteiger partial charge is 0.182 e. The second-order valence-corrected chi connectivity index (χ2v) is 3.97. The fraction of sp³-hybridized carbons (Fsp3) is 0.333. The normalized spacial score (nSPS) is 8.90. The molecule has 0 N–H and O–H groups in total. The first-order valence-corrected chi connectivity index (χ1v) is 5.84. The van der Waals surface area contributed by atoms with Crippen LogP contribution in [0.15, 0.2) is 18.7 Å². The van der Waals surface area contributed by atoms with E-state index in [2.05, 4.69) is 36.1 Å². The van der Waals surface area contributed by atoms with E-state index in [4.69, 9.17) is 16.9 Å². The van der Waals surface area contributed by atoms with Crippen LogP contribution in [-0.2, 0) is 21.1 Å². The molecule has 0 aliphatic carbocycles. The van der Waals surface area contributed by atoms with Crippen LogP contribution in [-0.4, -0.2) is 50.2 Å². The largest absolute Gasteiger partial charge is 0.254 e. The topological polar surface area (TPSA) is 129 Å². The lowest BCUT2D eigenvalue weighted by Crippen LogP contribution is -1.85. The Bertz CT molecular complexity index is 660. The van der Waals surface area contributed by atoms with Crippen LogP contribution < -0.4 is 0 Å². The van der Waals surface area contributed by atoms with Gasteiger partial charge >= 0.3 is 0 Å². The number of tetrazole rings is 1. The molecule has 110 valence electrons. The van der Waals surface area contributed by atoms with E-state index in [1.807, 2.05) is 6.07 Å². The van der Waals surface area contributed by atoms with Crippen LogP contribution in [0.5, 0.6) is 0 Å². The number of hydrogen-bond acceptors (Lipinski definition) is 8. The van der Waals surface area contributed by atoms with Gasteiger partial charge in [-0.25, -0.2) is 4.68 Å². The molecule has 0 amide bonds. The van der Waals surface area contributed by atoms with Gasteiger partial charge in [-0.15, -0.1) is 15.3 Å². The quantitative estimate of drug-likeness (QED) is 0.536. The SMILES string of the molecule is Cn1cc(C#N)nn1.Cn1cc(Cl)nn1.Cn1cnnn1. The van der Waals surface area contributed by atoms with Crippen molar-refractivity contribution in [3.63, 3.8) is 0 Å². The van der Waals surface area contributed by atoms with Crippen LogP contribution >= 0.6 is 11.6 Å². The molecule has 0 aromatic carbocycles. The fourth-order valence-electron chi connectivity index (χ4n) is 0.925. The zero-order valence-corrected chi connectivity index (χ0v) is 12.3. The van der Waals surface area contributed by atoms with Crippen molar-refractivity contribution in [1.82, 2.24) is 50.2 Å². The molecule has 0 unspecified atom stereocenters. The first-order chi connectivity index (χ1) is 10.0. The van der Waals surface area contributed by atoms with Gasteiger partial charge in [-0.2, -0.15) is 5.26 Å². The molecule has 3 rings (SSSR count). The van der Waals surface area contributed by atoms with E-state index in [9.17, 15) is 0 Å². The lowest BCUT2D eigenvalue weighted by Gasteiger charge is -1.74. The van der Waals surface area contributed by atoms with Gasteiger partial charge in [0.15, 0.2) is 10.8 Å². The summed E-state index contributed by atoms with van der Waals surface area (Å²) in [5, 5.41) is 32.9. The Hall–Kier alpha value is -2.87. The average molecular weight is 310 g/mol. The number of halogens is 1. The number of nitrogens with zero attached hydrogens (tertiary/aromatic N) is 11. The summed E-state index contributed by atoms with van der Waals surface area (Å²) >= 11 is 5.37. The zero-order valence-electron chi connectivity index (χ0n) is 11.5. The number of rotatable bonds is 0. The minimum absolute atomic E-state index is 0.354. The highest BCUT2D eigenvalue weighted by Gasteiger charge is 1.90. The van der Waals surface area contributed by atoms with Crippen molar-refractivity contribution in [1.29, 1.82) is 5.26 Å². The molecule has 3 aromatic heterocycles. The van der Waals surface area contributed by atoms with Gasteiger partial charge in [-0.05, 0) is 10.4 Å². The van der Waals surface area contributed by atoms with E-state index >= 15 is 0 Å². The van der Waals surface area contributed by atoms with Gasteiger partial charge in [0.1, 0.15) is 12.4 Å².